The highest BCUT2D eigenvalue weighted by molar-refractivity contribution is 4.65. The number of hydrogen-bond acceptors (Lipinski definition) is 4. The van der Waals surface area contributed by atoms with Crippen LogP contribution in [0, 0.1) is 0 Å². The van der Waals surface area contributed by atoms with Gasteiger partial charge in [-0.05, 0) is 19.8 Å². The zero-order valence-electron chi connectivity index (χ0n) is 11.8. The van der Waals surface area contributed by atoms with E-state index in [1.54, 1.807) is 0 Å². The van der Waals surface area contributed by atoms with Gasteiger partial charge in [-0.1, -0.05) is 26.2 Å². The average Bonchev–Trinajstić information content (AvgIpc) is 2.38. The van der Waals surface area contributed by atoms with Gasteiger partial charge in [-0.2, -0.15) is 0 Å². The third-order valence-electron chi connectivity index (χ3n) is 3.22. The van der Waals surface area contributed by atoms with E-state index in [1.165, 1.54) is 19.3 Å². The molecule has 0 amide bonds. The van der Waals surface area contributed by atoms with E-state index >= 15 is 0 Å². The van der Waals surface area contributed by atoms with E-state index in [0.29, 0.717) is 6.61 Å². The van der Waals surface area contributed by atoms with Crippen LogP contribution in [0.3, 0.4) is 0 Å². The summed E-state index contributed by atoms with van der Waals surface area (Å²) in [6, 6.07) is 0. The lowest BCUT2D eigenvalue weighted by Crippen LogP contribution is -2.36. The minimum absolute atomic E-state index is 0.0690. The van der Waals surface area contributed by atoms with Gasteiger partial charge in [0.25, 0.3) is 0 Å². The maximum Gasteiger partial charge on any atom is 0.160 e. The molecule has 0 bridgehead atoms. The maximum atomic E-state index is 9.05. The normalized spacial score (nSPS) is 26.2. The molecule has 18 heavy (non-hydrogen) atoms. The van der Waals surface area contributed by atoms with Gasteiger partial charge in [0.1, 0.15) is 0 Å². The van der Waals surface area contributed by atoms with Crippen molar-refractivity contribution in [2.24, 2.45) is 0 Å². The molecule has 0 aliphatic carbocycles. The van der Waals surface area contributed by atoms with Crippen LogP contribution in [0.2, 0.25) is 0 Å². The predicted octanol–water partition coefficient (Wildman–Crippen LogP) is 2.49. The number of aliphatic hydroxyl groups excluding tert-OH is 1. The Labute approximate surface area is 111 Å². The third-order valence-corrected chi connectivity index (χ3v) is 3.22. The minimum atomic E-state index is -0.221. The van der Waals surface area contributed by atoms with Gasteiger partial charge in [-0.15, -0.1) is 0 Å². The number of unbranched alkanes of at least 4 members (excludes halogenated alkanes) is 3. The maximum absolute atomic E-state index is 9.05. The molecular weight excluding hydrogens is 232 g/mol. The molecule has 0 aromatic rings. The first-order chi connectivity index (χ1) is 8.76. The third kappa shape index (κ3) is 6.69. The fraction of sp³-hybridized carbons (Fsp3) is 1.00. The second kappa shape index (κ2) is 9.73. The molecule has 0 aromatic carbocycles. The van der Waals surface area contributed by atoms with Crippen molar-refractivity contribution in [2.45, 2.75) is 70.9 Å². The second-order valence-electron chi connectivity index (χ2n) is 5.01. The van der Waals surface area contributed by atoms with Crippen molar-refractivity contribution in [3.63, 3.8) is 0 Å². The van der Waals surface area contributed by atoms with Crippen molar-refractivity contribution in [1.29, 1.82) is 0 Å². The Balaban J connectivity index is 2.06. The van der Waals surface area contributed by atoms with Gasteiger partial charge in [0.05, 0.1) is 25.4 Å². The lowest BCUT2D eigenvalue weighted by atomic mass is 10.2. The molecule has 4 heteroatoms. The summed E-state index contributed by atoms with van der Waals surface area (Å²) in [5, 5.41) is 9.05. The van der Waals surface area contributed by atoms with E-state index in [1.807, 2.05) is 0 Å². The van der Waals surface area contributed by atoms with E-state index in [2.05, 4.69) is 13.8 Å². The van der Waals surface area contributed by atoms with Crippen LogP contribution in [0.25, 0.3) is 0 Å². The van der Waals surface area contributed by atoms with Gasteiger partial charge < -0.3 is 19.3 Å². The zero-order chi connectivity index (χ0) is 13.2. The smallest absolute Gasteiger partial charge is 0.160 e. The summed E-state index contributed by atoms with van der Waals surface area (Å²) in [5.41, 5.74) is 0. The molecule has 0 aromatic heterocycles. The van der Waals surface area contributed by atoms with Crippen LogP contribution < -0.4 is 0 Å². The van der Waals surface area contributed by atoms with Crippen LogP contribution in [-0.4, -0.2) is 43.4 Å². The Kier molecular flexibility index (Phi) is 8.59. The fourth-order valence-electron chi connectivity index (χ4n) is 2.06. The van der Waals surface area contributed by atoms with Gasteiger partial charge in [-0.3, -0.25) is 0 Å². The summed E-state index contributed by atoms with van der Waals surface area (Å²) >= 11 is 0. The molecule has 1 unspecified atom stereocenters. The van der Waals surface area contributed by atoms with Crippen molar-refractivity contribution in [2.75, 3.05) is 19.8 Å². The van der Waals surface area contributed by atoms with Gasteiger partial charge in [0, 0.05) is 13.0 Å². The minimum Gasteiger partial charge on any atom is -0.394 e. The zero-order valence-corrected chi connectivity index (χ0v) is 11.8. The highest BCUT2D eigenvalue weighted by Crippen LogP contribution is 2.17. The molecule has 0 saturated carbocycles. The van der Waals surface area contributed by atoms with E-state index in [-0.39, 0.29) is 25.1 Å². The summed E-state index contributed by atoms with van der Waals surface area (Å²) in [6.07, 6.45) is 6.28. The topological polar surface area (TPSA) is 47.9 Å². The van der Waals surface area contributed by atoms with Gasteiger partial charge in [0.15, 0.2) is 6.29 Å². The molecular formula is C14H28O4. The highest BCUT2D eigenvalue weighted by Gasteiger charge is 2.24. The Hall–Kier alpha value is -0.160. The van der Waals surface area contributed by atoms with Crippen molar-refractivity contribution >= 4 is 0 Å². The number of ether oxygens (including phenoxy) is 3. The number of rotatable bonds is 9. The van der Waals surface area contributed by atoms with Crippen molar-refractivity contribution < 1.29 is 19.3 Å². The molecule has 4 nitrogen and oxygen atoms in total. The summed E-state index contributed by atoms with van der Waals surface area (Å²) in [4.78, 5) is 0. The SMILES string of the molecule is CCCCCCOC(C)C[C@H]1OCC[C@H](CO)O1. The molecule has 1 heterocycles. The van der Waals surface area contributed by atoms with Crippen LogP contribution >= 0.6 is 0 Å². The standard InChI is InChI=1S/C14H28O4/c1-3-4-5-6-8-16-12(2)10-14-17-9-7-13(11-15)18-14/h12-15H,3-11H2,1-2H3/t12?,13-,14+/m1/s1. The number of hydrogen-bond donors (Lipinski definition) is 1. The van der Waals surface area contributed by atoms with Crippen molar-refractivity contribution in [1.82, 2.24) is 0 Å². The summed E-state index contributed by atoms with van der Waals surface area (Å²) in [6.45, 7) is 5.82. The van der Waals surface area contributed by atoms with Crippen LogP contribution in [0.1, 0.15) is 52.4 Å². The molecule has 108 valence electrons. The largest absolute Gasteiger partial charge is 0.394 e. The quantitative estimate of drug-likeness (QED) is 0.647. The molecule has 1 rings (SSSR count). The average molecular weight is 260 g/mol. The summed E-state index contributed by atoms with van der Waals surface area (Å²) in [7, 11) is 0. The van der Waals surface area contributed by atoms with Crippen LogP contribution in [0.5, 0.6) is 0 Å². The van der Waals surface area contributed by atoms with E-state index in [9.17, 15) is 0 Å². The molecule has 0 spiro atoms. The molecule has 1 aliphatic rings. The molecule has 0 radical (unpaired) electrons. The summed E-state index contributed by atoms with van der Waals surface area (Å²) < 4.78 is 16.8. The van der Waals surface area contributed by atoms with Gasteiger partial charge in [0.2, 0.25) is 0 Å². The lowest BCUT2D eigenvalue weighted by Gasteiger charge is -2.30. The van der Waals surface area contributed by atoms with Gasteiger partial charge >= 0.3 is 0 Å². The summed E-state index contributed by atoms with van der Waals surface area (Å²) in [5.74, 6) is 0. The first kappa shape index (κ1) is 15.9. The van der Waals surface area contributed by atoms with E-state index < -0.39 is 0 Å². The Morgan fingerprint density at radius 3 is 2.89 bits per heavy atom. The predicted molar refractivity (Wildman–Crippen MR) is 70.5 cm³/mol. The first-order valence-corrected chi connectivity index (χ1v) is 7.25. The Morgan fingerprint density at radius 2 is 2.17 bits per heavy atom. The number of aliphatic hydroxyl groups is 1. The molecule has 3 atom stereocenters. The molecule has 1 saturated heterocycles. The lowest BCUT2D eigenvalue weighted by molar-refractivity contribution is -0.230. The van der Waals surface area contributed by atoms with Crippen molar-refractivity contribution in [3.8, 4) is 0 Å². The van der Waals surface area contributed by atoms with Crippen LogP contribution in [0.15, 0.2) is 0 Å². The van der Waals surface area contributed by atoms with Crippen molar-refractivity contribution in [3.05, 3.63) is 0 Å². The van der Waals surface area contributed by atoms with Crippen LogP contribution in [0.4, 0.5) is 0 Å². The Bertz CT molecular complexity index is 198. The van der Waals surface area contributed by atoms with E-state index in [0.717, 1.165) is 25.9 Å². The molecule has 1 fully saturated rings. The highest BCUT2D eigenvalue weighted by atomic mass is 16.7. The fourth-order valence-corrected chi connectivity index (χ4v) is 2.06. The Morgan fingerprint density at radius 1 is 1.33 bits per heavy atom. The molecule has 1 aliphatic heterocycles. The van der Waals surface area contributed by atoms with Gasteiger partial charge in [-0.25, -0.2) is 0 Å². The van der Waals surface area contributed by atoms with Crippen LogP contribution in [-0.2, 0) is 14.2 Å². The monoisotopic (exact) mass is 260 g/mol. The first-order valence-electron chi connectivity index (χ1n) is 7.25. The molecule has 1 N–H and O–H groups in total. The van der Waals surface area contributed by atoms with E-state index in [4.69, 9.17) is 19.3 Å². The second-order valence-corrected chi connectivity index (χ2v) is 5.01.